The first-order valence-electron chi connectivity index (χ1n) is 4.08. The van der Waals surface area contributed by atoms with Gasteiger partial charge < -0.3 is 5.32 Å². The summed E-state index contributed by atoms with van der Waals surface area (Å²) >= 11 is 0. The Morgan fingerprint density at radius 1 is 1.50 bits per heavy atom. The van der Waals surface area contributed by atoms with Gasteiger partial charge >= 0.3 is 0 Å². The summed E-state index contributed by atoms with van der Waals surface area (Å²) in [6.45, 7) is 11.4. The second-order valence-corrected chi connectivity index (χ2v) is 2.96. The minimum absolute atomic E-state index is 0.486. The molecular weight excluding hydrogens is 122 g/mol. The van der Waals surface area contributed by atoms with Crippen LogP contribution in [0.2, 0.25) is 0 Å². The summed E-state index contributed by atoms with van der Waals surface area (Å²) in [6.07, 6.45) is 3.18. The van der Waals surface area contributed by atoms with Crippen molar-refractivity contribution in [3.05, 3.63) is 12.7 Å². The molecule has 1 unspecified atom stereocenters. The third-order valence-electron chi connectivity index (χ3n) is 1.60. The number of nitrogens with one attached hydrogen (secondary N) is 1. The molecule has 0 saturated heterocycles. The lowest BCUT2D eigenvalue weighted by Crippen LogP contribution is -2.32. The van der Waals surface area contributed by atoms with Gasteiger partial charge in [0.1, 0.15) is 0 Å². The van der Waals surface area contributed by atoms with E-state index in [4.69, 9.17) is 0 Å². The fourth-order valence-electron chi connectivity index (χ4n) is 0.902. The van der Waals surface area contributed by atoms with E-state index < -0.39 is 0 Å². The Kier molecular flexibility index (Phi) is 5.32. The van der Waals surface area contributed by atoms with Crippen molar-refractivity contribution in [2.75, 3.05) is 6.54 Å². The molecule has 1 N–H and O–H groups in total. The fraction of sp³-hybridized carbons (Fsp3) is 0.778. The lowest BCUT2D eigenvalue weighted by Gasteiger charge is -2.17. The molecule has 0 aromatic carbocycles. The summed E-state index contributed by atoms with van der Waals surface area (Å²) in [7, 11) is 0. The molecule has 0 fully saturated rings. The highest BCUT2D eigenvalue weighted by molar-refractivity contribution is 4.87. The molecule has 0 aliphatic heterocycles. The van der Waals surface area contributed by atoms with Crippen molar-refractivity contribution in [1.29, 1.82) is 0 Å². The molecule has 0 aliphatic rings. The third-order valence-corrected chi connectivity index (χ3v) is 1.60. The summed E-state index contributed by atoms with van der Waals surface area (Å²) in [4.78, 5) is 0. The van der Waals surface area contributed by atoms with Gasteiger partial charge in [0, 0.05) is 6.04 Å². The molecule has 0 heterocycles. The van der Waals surface area contributed by atoms with E-state index in [1.165, 1.54) is 6.42 Å². The molecule has 0 radical (unpaired) electrons. The van der Waals surface area contributed by atoms with Crippen molar-refractivity contribution in [2.45, 2.75) is 33.2 Å². The van der Waals surface area contributed by atoms with Crippen LogP contribution in [0.5, 0.6) is 0 Å². The molecule has 0 aliphatic carbocycles. The van der Waals surface area contributed by atoms with Crippen LogP contribution in [0.3, 0.4) is 0 Å². The molecule has 0 spiro atoms. The maximum absolute atomic E-state index is 3.77. The third kappa shape index (κ3) is 3.67. The Morgan fingerprint density at radius 2 is 2.10 bits per heavy atom. The average Bonchev–Trinajstić information content (AvgIpc) is 1.89. The number of hydrogen-bond acceptors (Lipinski definition) is 1. The van der Waals surface area contributed by atoms with Gasteiger partial charge in [0.15, 0.2) is 0 Å². The van der Waals surface area contributed by atoms with E-state index >= 15 is 0 Å². The fourth-order valence-corrected chi connectivity index (χ4v) is 0.902. The van der Waals surface area contributed by atoms with Crippen LogP contribution >= 0.6 is 0 Å². The van der Waals surface area contributed by atoms with Crippen molar-refractivity contribution < 1.29 is 0 Å². The summed E-state index contributed by atoms with van der Waals surface area (Å²) in [5.41, 5.74) is 0. The Labute approximate surface area is 64.5 Å². The second kappa shape index (κ2) is 5.48. The molecule has 0 saturated carbocycles. The molecule has 10 heavy (non-hydrogen) atoms. The van der Waals surface area contributed by atoms with E-state index in [2.05, 4.69) is 32.7 Å². The highest BCUT2D eigenvalue weighted by atomic mass is 14.9. The van der Waals surface area contributed by atoms with Crippen molar-refractivity contribution >= 4 is 0 Å². The lowest BCUT2D eigenvalue weighted by atomic mass is 10.1. The quantitative estimate of drug-likeness (QED) is 0.579. The zero-order valence-electron chi connectivity index (χ0n) is 7.35. The van der Waals surface area contributed by atoms with Crippen LogP contribution in [-0.2, 0) is 0 Å². The molecule has 0 aromatic rings. The molecule has 0 rings (SSSR count). The van der Waals surface area contributed by atoms with Gasteiger partial charge in [0.05, 0.1) is 0 Å². The Morgan fingerprint density at radius 3 is 2.40 bits per heavy atom. The summed E-state index contributed by atoms with van der Waals surface area (Å²) < 4.78 is 0. The van der Waals surface area contributed by atoms with E-state index in [0.717, 1.165) is 6.54 Å². The highest BCUT2D eigenvalue weighted by Crippen LogP contribution is 2.01. The zero-order chi connectivity index (χ0) is 7.98. The maximum atomic E-state index is 3.77. The summed E-state index contributed by atoms with van der Waals surface area (Å²) in [5, 5.41) is 3.40. The largest absolute Gasteiger partial charge is 0.310 e. The molecule has 1 heteroatoms. The number of hydrogen-bond donors (Lipinski definition) is 1. The molecular formula is C9H19N. The van der Waals surface area contributed by atoms with Gasteiger partial charge in [-0.3, -0.25) is 0 Å². The molecule has 60 valence electrons. The van der Waals surface area contributed by atoms with Crippen LogP contribution in [0.25, 0.3) is 0 Å². The molecule has 1 nitrogen and oxygen atoms in total. The maximum Gasteiger partial charge on any atom is 0.0270 e. The minimum Gasteiger partial charge on any atom is -0.310 e. The van der Waals surface area contributed by atoms with E-state index in [0.29, 0.717) is 12.0 Å². The molecule has 0 bridgehead atoms. The summed E-state index contributed by atoms with van der Waals surface area (Å²) in [6, 6.07) is 0.486. The van der Waals surface area contributed by atoms with Crippen molar-refractivity contribution in [3.8, 4) is 0 Å². The van der Waals surface area contributed by atoms with E-state index in [1.807, 2.05) is 6.08 Å². The second-order valence-electron chi connectivity index (χ2n) is 2.96. The topological polar surface area (TPSA) is 12.0 Å². The minimum atomic E-state index is 0.486. The first kappa shape index (κ1) is 9.70. The lowest BCUT2D eigenvalue weighted by molar-refractivity contribution is 0.465. The van der Waals surface area contributed by atoms with Crippen LogP contribution in [0.1, 0.15) is 27.2 Å². The van der Waals surface area contributed by atoms with Crippen molar-refractivity contribution in [3.63, 3.8) is 0 Å². The Bertz CT molecular complexity index is 86.7. The molecule has 0 aromatic heterocycles. The molecule has 0 amide bonds. The Hall–Kier alpha value is -0.300. The first-order chi connectivity index (χ1) is 4.72. The first-order valence-corrected chi connectivity index (χ1v) is 4.08. The predicted molar refractivity (Wildman–Crippen MR) is 47.1 cm³/mol. The van der Waals surface area contributed by atoms with Crippen molar-refractivity contribution in [2.24, 2.45) is 5.92 Å². The standard InChI is InChI=1S/C9H19N/c1-5-7-10-9(6-2)8(3)4/h6,8-10H,2,5,7H2,1,3-4H3. The van der Waals surface area contributed by atoms with Crippen LogP contribution < -0.4 is 5.32 Å². The SMILES string of the molecule is C=CC(NCCC)C(C)C. The average molecular weight is 141 g/mol. The van der Waals surface area contributed by atoms with Crippen LogP contribution in [0.4, 0.5) is 0 Å². The summed E-state index contributed by atoms with van der Waals surface area (Å²) in [5.74, 6) is 0.657. The van der Waals surface area contributed by atoms with Crippen LogP contribution in [-0.4, -0.2) is 12.6 Å². The van der Waals surface area contributed by atoms with E-state index in [1.54, 1.807) is 0 Å². The number of rotatable bonds is 5. The van der Waals surface area contributed by atoms with Gasteiger partial charge in [-0.15, -0.1) is 6.58 Å². The van der Waals surface area contributed by atoms with Gasteiger partial charge in [-0.2, -0.15) is 0 Å². The van der Waals surface area contributed by atoms with Gasteiger partial charge in [-0.25, -0.2) is 0 Å². The zero-order valence-corrected chi connectivity index (χ0v) is 7.35. The van der Waals surface area contributed by atoms with Gasteiger partial charge in [0.25, 0.3) is 0 Å². The smallest absolute Gasteiger partial charge is 0.0270 e. The normalized spacial score (nSPS) is 13.6. The van der Waals surface area contributed by atoms with Crippen LogP contribution in [0, 0.1) is 5.92 Å². The Balaban J connectivity index is 3.50. The van der Waals surface area contributed by atoms with Gasteiger partial charge in [-0.1, -0.05) is 26.8 Å². The van der Waals surface area contributed by atoms with Crippen LogP contribution in [0.15, 0.2) is 12.7 Å². The van der Waals surface area contributed by atoms with E-state index in [9.17, 15) is 0 Å². The van der Waals surface area contributed by atoms with Gasteiger partial charge in [0.2, 0.25) is 0 Å². The highest BCUT2D eigenvalue weighted by Gasteiger charge is 2.05. The monoisotopic (exact) mass is 141 g/mol. The predicted octanol–water partition coefficient (Wildman–Crippen LogP) is 2.20. The van der Waals surface area contributed by atoms with Gasteiger partial charge in [-0.05, 0) is 18.9 Å². The van der Waals surface area contributed by atoms with Crippen molar-refractivity contribution in [1.82, 2.24) is 5.32 Å². The van der Waals surface area contributed by atoms with E-state index in [-0.39, 0.29) is 0 Å². The molecule has 1 atom stereocenters.